The fourth-order valence-electron chi connectivity index (χ4n) is 4.03. The van der Waals surface area contributed by atoms with E-state index in [4.69, 9.17) is 4.74 Å². The van der Waals surface area contributed by atoms with Crippen molar-refractivity contribution in [1.82, 2.24) is 0 Å². The van der Waals surface area contributed by atoms with Crippen LogP contribution in [0.1, 0.15) is 40.0 Å². The summed E-state index contributed by atoms with van der Waals surface area (Å²) < 4.78 is 5.57. The van der Waals surface area contributed by atoms with Crippen molar-refractivity contribution >= 4 is 5.78 Å². The minimum atomic E-state index is -0.964. The van der Waals surface area contributed by atoms with Crippen LogP contribution in [0.4, 0.5) is 0 Å². The molecule has 0 aromatic carbocycles. The first-order valence-electron chi connectivity index (χ1n) is 6.90. The zero-order chi connectivity index (χ0) is 13.1. The average Bonchev–Trinajstić information content (AvgIpc) is 3.05. The number of hydrogen-bond donors (Lipinski definition) is 1. The number of carbonyl (C=O) groups excluding carboxylic acids is 1. The molecule has 2 fully saturated rings. The van der Waals surface area contributed by atoms with E-state index < -0.39 is 11.7 Å². The molecule has 4 atom stereocenters. The smallest absolute Gasteiger partial charge is 0.187 e. The van der Waals surface area contributed by atoms with Crippen LogP contribution in [0.15, 0.2) is 11.6 Å². The van der Waals surface area contributed by atoms with E-state index in [0.717, 1.165) is 24.8 Å². The molecule has 3 rings (SSSR count). The Morgan fingerprint density at radius 2 is 2.06 bits per heavy atom. The second kappa shape index (κ2) is 3.67. The molecule has 0 aromatic rings. The SMILES string of the molecule is C/C1=C/C(=O)[C@@H](O)[C@@]2(CO2)[C@@H]2CC(C)(C)[C@H]2CC1. The van der Waals surface area contributed by atoms with E-state index in [1.165, 1.54) is 0 Å². The lowest BCUT2D eigenvalue weighted by atomic mass is 9.50. The van der Waals surface area contributed by atoms with Gasteiger partial charge in [0.2, 0.25) is 0 Å². The van der Waals surface area contributed by atoms with Gasteiger partial charge in [-0.25, -0.2) is 0 Å². The van der Waals surface area contributed by atoms with Crippen LogP contribution in [0.2, 0.25) is 0 Å². The summed E-state index contributed by atoms with van der Waals surface area (Å²) in [7, 11) is 0. The summed E-state index contributed by atoms with van der Waals surface area (Å²) in [5, 5.41) is 10.3. The van der Waals surface area contributed by atoms with Gasteiger partial charge in [-0.05, 0) is 49.5 Å². The van der Waals surface area contributed by atoms with E-state index in [1.807, 2.05) is 6.92 Å². The van der Waals surface area contributed by atoms with E-state index in [9.17, 15) is 9.90 Å². The van der Waals surface area contributed by atoms with Crippen LogP contribution in [0.25, 0.3) is 0 Å². The summed E-state index contributed by atoms with van der Waals surface area (Å²) in [5.74, 6) is 0.741. The lowest BCUT2D eigenvalue weighted by Crippen LogP contribution is -2.55. The zero-order valence-corrected chi connectivity index (χ0v) is 11.4. The minimum absolute atomic E-state index is 0.171. The number of epoxide rings is 1. The molecular formula is C15H22O3. The third-order valence-electron chi connectivity index (χ3n) is 5.31. The van der Waals surface area contributed by atoms with Crippen LogP contribution in [0, 0.1) is 17.3 Å². The number of aliphatic hydroxyl groups excluding tert-OH is 1. The van der Waals surface area contributed by atoms with E-state index in [0.29, 0.717) is 23.9 Å². The topological polar surface area (TPSA) is 49.8 Å². The fourth-order valence-corrected chi connectivity index (χ4v) is 4.03. The van der Waals surface area contributed by atoms with Gasteiger partial charge in [0.25, 0.3) is 0 Å². The van der Waals surface area contributed by atoms with Crippen LogP contribution < -0.4 is 0 Å². The van der Waals surface area contributed by atoms with Gasteiger partial charge >= 0.3 is 0 Å². The molecule has 1 spiro atoms. The second-order valence-electron chi connectivity index (χ2n) is 6.98. The van der Waals surface area contributed by atoms with Crippen molar-refractivity contribution in [2.24, 2.45) is 17.3 Å². The van der Waals surface area contributed by atoms with Crippen molar-refractivity contribution in [2.75, 3.05) is 6.61 Å². The van der Waals surface area contributed by atoms with Crippen LogP contribution in [0.3, 0.4) is 0 Å². The van der Waals surface area contributed by atoms with Gasteiger partial charge in [-0.1, -0.05) is 19.4 Å². The summed E-state index contributed by atoms with van der Waals surface area (Å²) in [6.45, 7) is 7.10. The van der Waals surface area contributed by atoms with Gasteiger partial charge in [0, 0.05) is 0 Å². The molecule has 3 nitrogen and oxygen atoms in total. The molecule has 0 aromatic heterocycles. The van der Waals surface area contributed by atoms with Gasteiger partial charge in [0.15, 0.2) is 5.78 Å². The van der Waals surface area contributed by atoms with Gasteiger partial charge in [-0.15, -0.1) is 0 Å². The Morgan fingerprint density at radius 3 is 2.61 bits per heavy atom. The third-order valence-corrected chi connectivity index (χ3v) is 5.31. The number of rotatable bonds is 0. The lowest BCUT2D eigenvalue weighted by molar-refractivity contribution is -0.136. The van der Waals surface area contributed by atoms with Crippen molar-refractivity contribution in [2.45, 2.75) is 51.7 Å². The van der Waals surface area contributed by atoms with Crippen LogP contribution in [-0.4, -0.2) is 29.2 Å². The second-order valence-corrected chi connectivity index (χ2v) is 6.98. The number of hydrogen-bond acceptors (Lipinski definition) is 3. The Hall–Kier alpha value is -0.670. The third kappa shape index (κ3) is 1.60. The Bertz CT molecular complexity index is 417. The number of carbonyl (C=O) groups is 1. The first-order valence-corrected chi connectivity index (χ1v) is 6.90. The molecule has 3 heteroatoms. The largest absolute Gasteiger partial charge is 0.382 e. The summed E-state index contributed by atoms with van der Waals surface area (Å²) >= 11 is 0. The van der Waals surface area contributed by atoms with Crippen molar-refractivity contribution in [3.63, 3.8) is 0 Å². The van der Waals surface area contributed by atoms with E-state index in [-0.39, 0.29) is 5.78 Å². The summed E-state index contributed by atoms with van der Waals surface area (Å²) in [6, 6.07) is 0. The minimum Gasteiger partial charge on any atom is -0.382 e. The zero-order valence-electron chi connectivity index (χ0n) is 11.4. The Balaban J connectivity index is 1.94. The average molecular weight is 250 g/mol. The number of fused-ring (bicyclic) bond motifs is 2. The quantitative estimate of drug-likeness (QED) is 0.670. The normalized spacial score (nSPS) is 49.2. The molecular weight excluding hydrogens is 228 g/mol. The van der Waals surface area contributed by atoms with Crippen molar-refractivity contribution in [1.29, 1.82) is 0 Å². The van der Waals surface area contributed by atoms with E-state index in [2.05, 4.69) is 13.8 Å². The van der Waals surface area contributed by atoms with Gasteiger partial charge < -0.3 is 9.84 Å². The van der Waals surface area contributed by atoms with Gasteiger partial charge in [-0.2, -0.15) is 0 Å². The van der Waals surface area contributed by atoms with Crippen molar-refractivity contribution in [3.05, 3.63) is 11.6 Å². The van der Waals surface area contributed by atoms with Crippen molar-refractivity contribution < 1.29 is 14.6 Å². The maximum Gasteiger partial charge on any atom is 0.187 e. The van der Waals surface area contributed by atoms with Crippen LogP contribution in [0.5, 0.6) is 0 Å². The molecule has 1 saturated carbocycles. The highest BCUT2D eigenvalue weighted by Crippen LogP contribution is 2.62. The maximum absolute atomic E-state index is 12.0. The molecule has 2 aliphatic carbocycles. The standard InChI is InChI=1S/C15H22O3/c1-9-4-5-10-11(7-14(10,2)3)15(8-18-15)13(17)12(16)6-9/h6,10-11,13,17H,4-5,7-8H2,1-3H3/b9-6-/t10-,11+,13+,15+/m0/s1. The highest BCUT2D eigenvalue weighted by atomic mass is 16.6. The molecule has 1 N–H and O–H groups in total. The van der Waals surface area contributed by atoms with E-state index in [1.54, 1.807) is 6.08 Å². The molecule has 1 aliphatic heterocycles. The first kappa shape index (κ1) is 12.4. The van der Waals surface area contributed by atoms with Crippen LogP contribution in [-0.2, 0) is 9.53 Å². The summed E-state index contributed by atoms with van der Waals surface area (Å²) in [5.41, 5.74) is 0.841. The molecule has 3 aliphatic rings. The Morgan fingerprint density at radius 1 is 1.39 bits per heavy atom. The molecule has 0 bridgehead atoms. The Kier molecular flexibility index (Phi) is 2.52. The molecule has 1 heterocycles. The van der Waals surface area contributed by atoms with E-state index >= 15 is 0 Å². The number of aliphatic hydroxyl groups is 1. The molecule has 18 heavy (non-hydrogen) atoms. The van der Waals surface area contributed by atoms with Crippen molar-refractivity contribution in [3.8, 4) is 0 Å². The molecule has 100 valence electrons. The van der Waals surface area contributed by atoms with Gasteiger partial charge in [0.05, 0.1) is 6.61 Å². The maximum atomic E-state index is 12.0. The lowest BCUT2D eigenvalue weighted by Gasteiger charge is -2.54. The Labute approximate surface area is 108 Å². The fraction of sp³-hybridized carbons (Fsp3) is 0.800. The number of ether oxygens (including phenoxy) is 1. The molecule has 1 saturated heterocycles. The highest BCUT2D eigenvalue weighted by molar-refractivity contribution is 5.95. The molecule has 0 radical (unpaired) electrons. The monoisotopic (exact) mass is 250 g/mol. The van der Waals surface area contributed by atoms with Gasteiger partial charge in [0.1, 0.15) is 11.7 Å². The van der Waals surface area contributed by atoms with Crippen LogP contribution >= 0.6 is 0 Å². The number of ketones is 1. The first-order chi connectivity index (χ1) is 8.37. The van der Waals surface area contributed by atoms with Gasteiger partial charge in [-0.3, -0.25) is 4.79 Å². The summed E-state index contributed by atoms with van der Waals surface area (Å²) in [6.07, 6.45) is 3.77. The predicted octanol–water partition coefficient (Wildman–Crippen LogP) is 2.09. The molecule has 0 amide bonds. The number of allylic oxidation sites excluding steroid dienone is 1. The summed E-state index contributed by atoms with van der Waals surface area (Å²) in [4.78, 5) is 12.0. The predicted molar refractivity (Wildman–Crippen MR) is 68.1 cm³/mol. The highest BCUT2D eigenvalue weighted by Gasteiger charge is 2.67. The molecule has 0 unspecified atom stereocenters.